The van der Waals surface area contributed by atoms with E-state index in [9.17, 15) is 9.59 Å². The number of primary amides is 1. The number of H-pyrrole nitrogens is 1. The van der Waals surface area contributed by atoms with Crippen molar-refractivity contribution in [3.05, 3.63) is 22.1 Å². The van der Waals surface area contributed by atoms with Crippen LogP contribution in [0.2, 0.25) is 0 Å². The second kappa shape index (κ2) is 4.25. The fraction of sp³-hybridized carbons (Fsp3) is 0.300. The minimum atomic E-state index is -0.436. The molecule has 3 N–H and O–H groups in total. The largest absolute Gasteiger partial charge is 0.369 e. The van der Waals surface area contributed by atoms with Gasteiger partial charge in [0.05, 0.1) is 11.3 Å². The molecule has 1 amide bonds. The zero-order valence-corrected chi connectivity index (χ0v) is 10.3. The number of rotatable bonds is 3. The van der Waals surface area contributed by atoms with E-state index in [1.165, 1.54) is 4.57 Å². The minimum Gasteiger partial charge on any atom is -0.369 e. The summed E-state index contributed by atoms with van der Waals surface area (Å²) in [4.78, 5) is 30.0. The Morgan fingerprint density at radius 3 is 3.00 bits per heavy atom. The molecule has 0 aliphatic carbocycles. The van der Waals surface area contributed by atoms with Gasteiger partial charge in [0.25, 0.3) is 5.56 Å². The molecule has 0 radical (unpaired) electrons. The average molecular weight is 252 g/mol. The maximum atomic E-state index is 12.0. The standard InChI is InChI=1S/C10H12N4O2S/c1-5-3-6-8(12-5)9(16)14(2)10(13-6)17-4-7(11)15/h3,12H,4H2,1-2H3,(H2,11,15). The molecule has 0 atom stereocenters. The van der Waals surface area contributed by atoms with Crippen LogP contribution >= 0.6 is 11.8 Å². The monoisotopic (exact) mass is 252 g/mol. The zero-order valence-electron chi connectivity index (χ0n) is 9.48. The number of carbonyl (C=O) groups excluding carboxylic acids is 1. The third kappa shape index (κ3) is 2.19. The maximum absolute atomic E-state index is 12.0. The molecule has 2 aromatic rings. The number of carbonyl (C=O) groups is 1. The lowest BCUT2D eigenvalue weighted by Gasteiger charge is -2.05. The molecule has 17 heavy (non-hydrogen) atoms. The predicted octanol–water partition coefficient (Wildman–Crippen LogP) is 0.147. The van der Waals surface area contributed by atoms with Gasteiger partial charge in [0, 0.05) is 12.7 Å². The number of hydrogen-bond donors (Lipinski definition) is 2. The third-order valence-electron chi connectivity index (χ3n) is 2.30. The molecule has 0 aromatic carbocycles. The Kier molecular flexibility index (Phi) is 2.93. The first-order valence-corrected chi connectivity index (χ1v) is 5.95. The van der Waals surface area contributed by atoms with Crippen molar-refractivity contribution < 1.29 is 4.79 Å². The van der Waals surface area contributed by atoms with Crippen LogP contribution in [0, 0.1) is 6.92 Å². The number of aryl methyl sites for hydroxylation is 1. The van der Waals surface area contributed by atoms with Crippen LogP contribution in [0.1, 0.15) is 5.69 Å². The molecule has 0 saturated heterocycles. The number of nitrogens with two attached hydrogens (primary N) is 1. The number of hydrogen-bond acceptors (Lipinski definition) is 4. The van der Waals surface area contributed by atoms with Crippen LogP contribution in [0.5, 0.6) is 0 Å². The van der Waals surface area contributed by atoms with E-state index in [1.807, 2.05) is 6.92 Å². The number of aromatic amines is 1. The Hall–Kier alpha value is -1.76. The highest BCUT2D eigenvalue weighted by atomic mass is 32.2. The minimum absolute atomic E-state index is 0.106. The summed E-state index contributed by atoms with van der Waals surface area (Å²) < 4.78 is 1.41. The average Bonchev–Trinajstić information content (AvgIpc) is 2.62. The lowest BCUT2D eigenvalue weighted by molar-refractivity contribution is -0.115. The summed E-state index contributed by atoms with van der Waals surface area (Å²) in [5, 5.41) is 0.486. The van der Waals surface area contributed by atoms with Gasteiger partial charge in [-0.3, -0.25) is 14.2 Å². The van der Waals surface area contributed by atoms with Gasteiger partial charge in [-0.2, -0.15) is 0 Å². The molecule has 2 heterocycles. The first-order chi connectivity index (χ1) is 7.99. The van der Waals surface area contributed by atoms with E-state index in [1.54, 1.807) is 13.1 Å². The summed E-state index contributed by atoms with van der Waals surface area (Å²) in [6.45, 7) is 1.86. The molecule has 0 fully saturated rings. The van der Waals surface area contributed by atoms with Crippen molar-refractivity contribution in [2.45, 2.75) is 12.1 Å². The normalized spacial score (nSPS) is 10.9. The molecule has 2 rings (SSSR count). The molecule has 6 nitrogen and oxygen atoms in total. The van der Waals surface area contributed by atoms with Gasteiger partial charge in [-0.1, -0.05) is 11.8 Å². The van der Waals surface area contributed by atoms with Crippen molar-refractivity contribution in [3.8, 4) is 0 Å². The zero-order chi connectivity index (χ0) is 12.6. The highest BCUT2D eigenvalue weighted by Gasteiger charge is 2.11. The van der Waals surface area contributed by atoms with E-state index in [0.29, 0.717) is 16.2 Å². The smallest absolute Gasteiger partial charge is 0.278 e. The van der Waals surface area contributed by atoms with Crippen molar-refractivity contribution >= 4 is 28.7 Å². The van der Waals surface area contributed by atoms with Crippen molar-refractivity contribution in [1.29, 1.82) is 0 Å². The van der Waals surface area contributed by atoms with Crippen LogP contribution in [-0.2, 0) is 11.8 Å². The van der Waals surface area contributed by atoms with Crippen molar-refractivity contribution in [2.24, 2.45) is 12.8 Å². The number of nitrogens with one attached hydrogen (secondary N) is 1. The van der Waals surface area contributed by atoms with Gasteiger partial charge < -0.3 is 10.7 Å². The Morgan fingerprint density at radius 2 is 2.35 bits per heavy atom. The van der Waals surface area contributed by atoms with Gasteiger partial charge in [-0.15, -0.1) is 0 Å². The number of amides is 1. The SMILES string of the molecule is Cc1cc2nc(SCC(N)=O)n(C)c(=O)c2[nH]1. The van der Waals surface area contributed by atoms with Crippen LogP contribution in [0.3, 0.4) is 0 Å². The summed E-state index contributed by atoms with van der Waals surface area (Å²) in [7, 11) is 1.62. The number of aromatic nitrogens is 3. The highest BCUT2D eigenvalue weighted by Crippen LogP contribution is 2.16. The highest BCUT2D eigenvalue weighted by molar-refractivity contribution is 7.99. The fourth-order valence-electron chi connectivity index (χ4n) is 1.52. The molecular formula is C10H12N4O2S. The summed E-state index contributed by atoms with van der Waals surface area (Å²) in [5.41, 5.74) is 6.87. The molecule has 0 bridgehead atoms. The summed E-state index contributed by atoms with van der Waals surface area (Å²) in [6, 6.07) is 1.80. The molecule has 0 aliphatic rings. The Labute approximate surface area is 101 Å². The summed E-state index contributed by atoms with van der Waals surface area (Å²) >= 11 is 1.16. The second-order valence-corrected chi connectivity index (χ2v) is 4.67. The first kappa shape index (κ1) is 11.7. The van der Waals surface area contributed by atoms with E-state index < -0.39 is 5.91 Å². The van der Waals surface area contributed by atoms with Crippen molar-refractivity contribution in [3.63, 3.8) is 0 Å². The van der Waals surface area contributed by atoms with Gasteiger partial charge in [0.15, 0.2) is 5.16 Å². The van der Waals surface area contributed by atoms with Gasteiger partial charge in [0.1, 0.15) is 5.52 Å². The summed E-state index contributed by atoms with van der Waals surface area (Å²) in [6.07, 6.45) is 0. The van der Waals surface area contributed by atoms with E-state index in [4.69, 9.17) is 5.73 Å². The maximum Gasteiger partial charge on any atom is 0.278 e. The quantitative estimate of drug-likeness (QED) is 0.600. The molecule has 2 aromatic heterocycles. The first-order valence-electron chi connectivity index (χ1n) is 4.96. The number of nitrogens with zero attached hydrogens (tertiary/aromatic N) is 2. The van der Waals surface area contributed by atoms with Crippen LogP contribution in [-0.4, -0.2) is 26.2 Å². The molecule has 7 heteroatoms. The topological polar surface area (TPSA) is 93.8 Å². The van der Waals surface area contributed by atoms with Gasteiger partial charge in [-0.05, 0) is 13.0 Å². The van der Waals surface area contributed by atoms with Gasteiger partial charge in [0.2, 0.25) is 5.91 Å². The number of fused-ring (bicyclic) bond motifs is 1. The fourth-order valence-corrected chi connectivity index (χ4v) is 2.23. The van der Waals surface area contributed by atoms with Crippen LogP contribution in [0.4, 0.5) is 0 Å². The molecule has 0 aliphatic heterocycles. The second-order valence-electron chi connectivity index (χ2n) is 3.73. The summed E-state index contributed by atoms with van der Waals surface area (Å²) in [5.74, 6) is -0.329. The molecule has 0 saturated carbocycles. The van der Waals surface area contributed by atoms with Crippen molar-refractivity contribution in [1.82, 2.24) is 14.5 Å². The lowest BCUT2D eigenvalue weighted by Crippen LogP contribution is -2.21. The van der Waals surface area contributed by atoms with Crippen LogP contribution in [0.15, 0.2) is 16.0 Å². The third-order valence-corrected chi connectivity index (χ3v) is 3.35. The Bertz CT molecular complexity index is 644. The predicted molar refractivity (Wildman–Crippen MR) is 66.0 cm³/mol. The van der Waals surface area contributed by atoms with Gasteiger partial charge >= 0.3 is 0 Å². The van der Waals surface area contributed by atoms with E-state index >= 15 is 0 Å². The van der Waals surface area contributed by atoms with E-state index in [2.05, 4.69) is 9.97 Å². The number of thioether (sulfide) groups is 1. The van der Waals surface area contributed by atoms with Gasteiger partial charge in [-0.25, -0.2) is 4.98 Å². The van der Waals surface area contributed by atoms with Crippen LogP contribution in [0.25, 0.3) is 11.0 Å². The van der Waals surface area contributed by atoms with E-state index in [0.717, 1.165) is 17.5 Å². The Morgan fingerprint density at radius 1 is 1.65 bits per heavy atom. The molecule has 0 spiro atoms. The molecule has 0 unspecified atom stereocenters. The molecular weight excluding hydrogens is 240 g/mol. The van der Waals surface area contributed by atoms with Crippen LogP contribution < -0.4 is 11.3 Å². The Balaban J connectivity index is 2.53. The van der Waals surface area contributed by atoms with Crippen molar-refractivity contribution in [2.75, 3.05) is 5.75 Å². The molecule has 90 valence electrons. The van der Waals surface area contributed by atoms with E-state index in [-0.39, 0.29) is 11.3 Å². The lowest BCUT2D eigenvalue weighted by atomic mass is 10.4.